The summed E-state index contributed by atoms with van der Waals surface area (Å²) in [6, 6.07) is 47.9. The van der Waals surface area contributed by atoms with Gasteiger partial charge in [-0.15, -0.1) is 0 Å². The second-order valence-electron chi connectivity index (χ2n) is 9.44. The van der Waals surface area contributed by atoms with Crippen molar-refractivity contribution in [2.24, 2.45) is 0 Å². The fourth-order valence-electron chi connectivity index (χ4n) is 6.13. The molecule has 0 saturated heterocycles. The molecule has 1 heteroatoms. The van der Waals surface area contributed by atoms with Crippen molar-refractivity contribution in [3.05, 3.63) is 133 Å². The Morgan fingerprint density at radius 2 is 1.15 bits per heavy atom. The lowest BCUT2D eigenvalue weighted by molar-refractivity contribution is 1.49. The third-order valence-electron chi connectivity index (χ3n) is 7.55. The highest BCUT2D eigenvalue weighted by Gasteiger charge is 2.49. The number of hydrogen-bond acceptors (Lipinski definition) is 0. The van der Waals surface area contributed by atoms with E-state index in [1.165, 1.54) is 59.0 Å². The van der Waals surface area contributed by atoms with Crippen LogP contribution < -0.4 is 20.7 Å². The molecule has 0 spiro atoms. The smallest absolute Gasteiger partial charge is 0.0623 e. The van der Waals surface area contributed by atoms with E-state index in [9.17, 15) is 0 Å². The minimum atomic E-state index is -2.49. The summed E-state index contributed by atoms with van der Waals surface area (Å²) in [7, 11) is -2.49. The number of benzene rings is 6. The van der Waals surface area contributed by atoms with E-state index in [4.69, 9.17) is 0 Å². The maximum Gasteiger partial charge on any atom is 0.180 e. The number of fused-ring (bicyclic) bond motifs is 6. The van der Waals surface area contributed by atoms with Gasteiger partial charge in [0, 0.05) is 0 Å². The van der Waals surface area contributed by atoms with Gasteiger partial charge in [0.05, 0.1) is 0 Å². The van der Waals surface area contributed by atoms with Crippen LogP contribution >= 0.6 is 0 Å². The third kappa shape index (κ3) is 2.59. The molecule has 1 unspecified atom stereocenters. The molecule has 1 aliphatic rings. The molecule has 34 heavy (non-hydrogen) atoms. The fourth-order valence-corrected chi connectivity index (χ4v) is 11.4. The van der Waals surface area contributed by atoms with Crippen LogP contribution in [-0.4, -0.2) is 8.07 Å². The van der Waals surface area contributed by atoms with Crippen molar-refractivity contribution >= 4 is 50.4 Å². The molecule has 0 amide bonds. The van der Waals surface area contributed by atoms with Crippen molar-refractivity contribution in [3.8, 4) is 11.1 Å². The van der Waals surface area contributed by atoms with Crippen molar-refractivity contribution < 1.29 is 0 Å². The predicted octanol–water partition coefficient (Wildman–Crippen LogP) is 5.66. The first-order chi connectivity index (χ1) is 16.8. The maximum absolute atomic E-state index is 2.50. The quantitative estimate of drug-likeness (QED) is 0.299. The van der Waals surface area contributed by atoms with Crippen molar-refractivity contribution in [3.63, 3.8) is 0 Å². The molecule has 6 aromatic rings. The average molecular weight is 449 g/mol. The SMILES string of the molecule is Cc1cccc([Si]2(c3ccccc3)c3cc4ccccc4cc3-c3c2ccc2ccccc32)c1. The monoisotopic (exact) mass is 448 g/mol. The Morgan fingerprint density at radius 1 is 0.471 bits per heavy atom. The summed E-state index contributed by atoms with van der Waals surface area (Å²) in [5.41, 5.74) is 4.15. The molecule has 0 bridgehead atoms. The highest BCUT2D eigenvalue weighted by Crippen LogP contribution is 2.36. The van der Waals surface area contributed by atoms with Crippen LogP contribution in [0.2, 0.25) is 0 Å². The molecule has 160 valence electrons. The lowest BCUT2D eigenvalue weighted by Crippen LogP contribution is -2.72. The summed E-state index contributed by atoms with van der Waals surface area (Å²) in [4.78, 5) is 0. The molecule has 1 atom stereocenters. The minimum absolute atomic E-state index is 1.31. The Labute approximate surface area is 201 Å². The summed E-state index contributed by atoms with van der Waals surface area (Å²) in [6.07, 6.45) is 0. The largest absolute Gasteiger partial charge is 0.180 e. The molecule has 0 nitrogen and oxygen atoms in total. The van der Waals surface area contributed by atoms with Crippen LogP contribution in [0.5, 0.6) is 0 Å². The summed E-state index contributed by atoms with van der Waals surface area (Å²) in [5.74, 6) is 0. The third-order valence-corrected chi connectivity index (χ3v) is 12.4. The van der Waals surface area contributed by atoms with Crippen molar-refractivity contribution in [1.29, 1.82) is 0 Å². The topological polar surface area (TPSA) is 0 Å². The van der Waals surface area contributed by atoms with E-state index in [-0.39, 0.29) is 0 Å². The van der Waals surface area contributed by atoms with Gasteiger partial charge in [0.15, 0.2) is 8.07 Å². The molecular formula is C33H24Si. The van der Waals surface area contributed by atoms with E-state index >= 15 is 0 Å². The second kappa shape index (κ2) is 7.28. The van der Waals surface area contributed by atoms with Gasteiger partial charge in [-0.1, -0.05) is 127 Å². The highest BCUT2D eigenvalue weighted by molar-refractivity contribution is 7.22. The van der Waals surface area contributed by atoms with Gasteiger partial charge in [-0.3, -0.25) is 0 Å². The van der Waals surface area contributed by atoms with Crippen LogP contribution in [0.25, 0.3) is 32.7 Å². The Morgan fingerprint density at radius 3 is 1.94 bits per heavy atom. The first kappa shape index (κ1) is 19.5. The summed E-state index contributed by atoms with van der Waals surface area (Å²) < 4.78 is 0. The molecule has 0 radical (unpaired) electrons. The van der Waals surface area contributed by atoms with Crippen LogP contribution in [0, 0.1) is 6.92 Å². The Hall–Kier alpha value is -3.94. The normalized spacial score (nSPS) is 16.5. The lowest BCUT2D eigenvalue weighted by Gasteiger charge is -2.31. The first-order valence-corrected chi connectivity index (χ1v) is 14.0. The Kier molecular flexibility index (Phi) is 4.18. The lowest BCUT2D eigenvalue weighted by atomic mass is 9.96. The zero-order chi connectivity index (χ0) is 22.7. The van der Waals surface area contributed by atoms with Crippen LogP contribution in [0.15, 0.2) is 127 Å². The van der Waals surface area contributed by atoms with Gasteiger partial charge in [-0.25, -0.2) is 0 Å². The van der Waals surface area contributed by atoms with E-state index in [0.29, 0.717) is 0 Å². The molecule has 0 saturated carbocycles. The van der Waals surface area contributed by atoms with E-state index in [1.807, 2.05) is 0 Å². The van der Waals surface area contributed by atoms with Crippen molar-refractivity contribution in [2.45, 2.75) is 6.92 Å². The van der Waals surface area contributed by atoms with E-state index in [0.717, 1.165) is 0 Å². The second-order valence-corrected chi connectivity index (χ2v) is 13.2. The van der Waals surface area contributed by atoms with Crippen LogP contribution in [0.3, 0.4) is 0 Å². The first-order valence-electron chi connectivity index (χ1n) is 12.0. The molecule has 0 aromatic heterocycles. The van der Waals surface area contributed by atoms with Crippen LogP contribution in [0.4, 0.5) is 0 Å². The van der Waals surface area contributed by atoms with Gasteiger partial charge in [0.25, 0.3) is 0 Å². The zero-order valence-electron chi connectivity index (χ0n) is 19.1. The van der Waals surface area contributed by atoms with Gasteiger partial charge >= 0.3 is 0 Å². The maximum atomic E-state index is 2.50. The average Bonchev–Trinajstić information content (AvgIpc) is 3.18. The molecule has 0 aliphatic carbocycles. The van der Waals surface area contributed by atoms with Crippen molar-refractivity contribution in [2.75, 3.05) is 0 Å². The Balaban J connectivity index is 1.74. The molecule has 1 aliphatic heterocycles. The molecule has 7 rings (SSSR count). The Bertz CT molecular complexity index is 1710. The van der Waals surface area contributed by atoms with E-state index < -0.39 is 8.07 Å². The van der Waals surface area contributed by atoms with Crippen LogP contribution in [0.1, 0.15) is 5.56 Å². The fraction of sp³-hybridized carbons (Fsp3) is 0.0303. The molecule has 0 N–H and O–H groups in total. The van der Waals surface area contributed by atoms with Gasteiger partial charge in [-0.05, 0) is 66.4 Å². The van der Waals surface area contributed by atoms with Crippen LogP contribution in [-0.2, 0) is 0 Å². The molecule has 1 heterocycles. The van der Waals surface area contributed by atoms with Crippen molar-refractivity contribution in [1.82, 2.24) is 0 Å². The van der Waals surface area contributed by atoms with E-state index in [2.05, 4.69) is 134 Å². The minimum Gasteiger partial charge on any atom is -0.0623 e. The standard InChI is InChI=1S/C33H24Si/c1-23-10-9-16-28(20-23)34(27-14-3-2-4-15-27)31-19-18-24-11-7-8-17-29(24)33(31)30-21-25-12-5-6-13-26(25)22-32(30)34/h2-22H,1H3. The van der Waals surface area contributed by atoms with Gasteiger partial charge in [-0.2, -0.15) is 0 Å². The van der Waals surface area contributed by atoms with E-state index in [1.54, 1.807) is 0 Å². The summed E-state index contributed by atoms with van der Waals surface area (Å²) in [6.45, 7) is 2.22. The number of hydrogen-bond donors (Lipinski definition) is 0. The summed E-state index contributed by atoms with van der Waals surface area (Å²) in [5, 5.41) is 11.2. The molecular weight excluding hydrogens is 424 g/mol. The molecule has 6 aromatic carbocycles. The van der Waals surface area contributed by atoms with Gasteiger partial charge < -0.3 is 0 Å². The number of aryl methyl sites for hydroxylation is 1. The predicted molar refractivity (Wildman–Crippen MR) is 149 cm³/mol. The van der Waals surface area contributed by atoms with Gasteiger partial charge in [0.1, 0.15) is 0 Å². The molecule has 0 fully saturated rings. The zero-order valence-corrected chi connectivity index (χ0v) is 20.1. The van der Waals surface area contributed by atoms with Gasteiger partial charge in [0.2, 0.25) is 0 Å². The highest BCUT2D eigenvalue weighted by atomic mass is 28.3. The summed E-state index contributed by atoms with van der Waals surface area (Å²) >= 11 is 0. The number of rotatable bonds is 2.